The van der Waals surface area contributed by atoms with Gasteiger partial charge in [-0.25, -0.2) is 9.97 Å². The first-order valence-electron chi connectivity index (χ1n) is 4.36. The van der Waals surface area contributed by atoms with Crippen LogP contribution in [-0.4, -0.2) is 9.97 Å². The molecule has 82 valence electrons. The van der Waals surface area contributed by atoms with Crippen LogP contribution in [-0.2, 0) is 0 Å². The van der Waals surface area contributed by atoms with Gasteiger partial charge in [0.25, 0.3) is 0 Å². The standard InChI is InChI=1S/C10N6S2/c11-1-5-6(2-12)16-10-9(15-5)17-7(3-13)8(4-14)18-10. The molecule has 6 nitrogen and oxygen atoms in total. The van der Waals surface area contributed by atoms with Crippen molar-refractivity contribution in [3.8, 4) is 24.3 Å². The van der Waals surface area contributed by atoms with E-state index in [1.54, 1.807) is 12.1 Å². The maximum Gasteiger partial charge on any atom is 0.178 e. The zero-order valence-electron chi connectivity index (χ0n) is 8.50. The molecule has 8 heteroatoms. The Bertz CT molecular complexity index is 675. The molecule has 1 aliphatic heterocycles. The van der Waals surface area contributed by atoms with E-state index >= 15 is 0 Å². The number of allylic oxidation sites excluding steroid dienone is 2. The van der Waals surface area contributed by atoms with E-state index in [1.807, 2.05) is 12.1 Å². The molecule has 0 bridgehead atoms. The minimum Gasteiger partial charge on any atom is -0.224 e. The van der Waals surface area contributed by atoms with Gasteiger partial charge in [-0.1, -0.05) is 23.5 Å². The molecule has 2 rings (SSSR count). The molecule has 0 aliphatic carbocycles. The Hall–Kier alpha value is -2.52. The Morgan fingerprint density at radius 2 is 1.06 bits per heavy atom. The van der Waals surface area contributed by atoms with E-state index in [1.165, 1.54) is 0 Å². The Morgan fingerprint density at radius 3 is 1.33 bits per heavy atom. The normalized spacial score (nSPS) is 12.7. The number of nitriles is 4. The number of aromatic nitrogens is 2. The molecule has 0 atom stereocenters. The average molecular weight is 268 g/mol. The molecule has 0 radical (unpaired) electrons. The largest absolute Gasteiger partial charge is 0.224 e. The van der Waals surface area contributed by atoms with Crippen molar-refractivity contribution in [2.45, 2.75) is 10.1 Å². The summed E-state index contributed by atoms with van der Waals surface area (Å²) in [6.07, 6.45) is 0. The summed E-state index contributed by atoms with van der Waals surface area (Å²) in [7, 11) is 0. The molecule has 0 aromatic carbocycles. The topological polar surface area (TPSA) is 121 Å². The maximum absolute atomic E-state index is 8.89. The maximum atomic E-state index is 8.89. The third-order valence-corrected chi connectivity index (χ3v) is 4.07. The van der Waals surface area contributed by atoms with Gasteiger partial charge in [0.05, 0.1) is 0 Å². The van der Waals surface area contributed by atoms with E-state index in [0.717, 1.165) is 23.5 Å². The average Bonchev–Trinajstić information content (AvgIpc) is 2.43. The van der Waals surface area contributed by atoms with E-state index in [2.05, 4.69) is 9.97 Å². The Balaban J connectivity index is 2.59. The summed E-state index contributed by atoms with van der Waals surface area (Å²) in [4.78, 5) is 8.38. The van der Waals surface area contributed by atoms with Crippen LogP contribution in [0.25, 0.3) is 0 Å². The van der Waals surface area contributed by atoms with Crippen molar-refractivity contribution in [2.75, 3.05) is 0 Å². The van der Waals surface area contributed by atoms with Crippen molar-refractivity contribution in [3.63, 3.8) is 0 Å². The van der Waals surface area contributed by atoms with Crippen LogP contribution < -0.4 is 0 Å². The van der Waals surface area contributed by atoms with Crippen molar-refractivity contribution < 1.29 is 0 Å². The van der Waals surface area contributed by atoms with Crippen LogP contribution in [0.1, 0.15) is 11.4 Å². The number of nitrogens with zero attached hydrogens (tertiary/aromatic N) is 6. The van der Waals surface area contributed by atoms with Gasteiger partial charge in [-0.2, -0.15) is 21.0 Å². The second-order valence-electron chi connectivity index (χ2n) is 2.84. The highest BCUT2D eigenvalue weighted by Gasteiger charge is 2.24. The molecule has 0 spiro atoms. The molecule has 1 aliphatic rings. The summed E-state index contributed by atoms with van der Waals surface area (Å²) in [5, 5.41) is 36.2. The van der Waals surface area contributed by atoms with Gasteiger partial charge in [-0.3, -0.25) is 0 Å². The second kappa shape index (κ2) is 4.77. The lowest BCUT2D eigenvalue weighted by atomic mass is 10.3. The number of hydrogen-bond donors (Lipinski definition) is 0. The van der Waals surface area contributed by atoms with Crippen molar-refractivity contribution in [2.24, 2.45) is 0 Å². The molecule has 0 saturated heterocycles. The summed E-state index contributed by atoms with van der Waals surface area (Å²) >= 11 is 1.96. The van der Waals surface area contributed by atoms with E-state index < -0.39 is 0 Å². The van der Waals surface area contributed by atoms with Crippen LogP contribution in [0.3, 0.4) is 0 Å². The van der Waals surface area contributed by atoms with Crippen LogP contribution in [0.4, 0.5) is 0 Å². The van der Waals surface area contributed by atoms with Crippen LogP contribution in [0, 0.1) is 45.3 Å². The van der Waals surface area contributed by atoms with Crippen LogP contribution in [0.15, 0.2) is 19.9 Å². The highest BCUT2D eigenvalue weighted by atomic mass is 32.2. The summed E-state index contributed by atoms with van der Waals surface area (Å²) in [6, 6.07) is 7.33. The van der Waals surface area contributed by atoms with Gasteiger partial charge >= 0.3 is 0 Å². The van der Waals surface area contributed by atoms with Crippen LogP contribution in [0.2, 0.25) is 0 Å². The number of fused-ring (bicyclic) bond motifs is 1. The summed E-state index contributed by atoms with van der Waals surface area (Å²) in [5.41, 5.74) is -0.163. The fraction of sp³-hybridized carbons (Fsp3) is 0. The van der Waals surface area contributed by atoms with E-state index in [4.69, 9.17) is 21.0 Å². The predicted molar refractivity (Wildman–Crippen MR) is 61.4 cm³/mol. The predicted octanol–water partition coefficient (Wildman–Crippen LogP) is 1.68. The fourth-order valence-electron chi connectivity index (χ4n) is 1.13. The number of hydrogen-bond acceptors (Lipinski definition) is 8. The summed E-state index contributed by atoms with van der Waals surface area (Å²) in [5.74, 6) is 0. The SMILES string of the molecule is N#CC1=C(C#N)Sc2nc(C#N)c(C#N)nc2S1. The van der Waals surface area contributed by atoms with Gasteiger partial charge in [0.1, 0.15) is 44.1 Å². The van der Waals surface area contributed by atoms with E-state index in [9.17, 15) is 0 Å². The lowest BCUT2D eigenvalue weighted by Crippen LogP contribution is -2.02. The van der Waals surface area contributed by atoms with Crippen LogP contribution in [0.5, 0.6) is 0 Å². The summed E-state index contributed by atoms with van der Waals surface area (Å²) in [6.45, 7) is 0. The van der Waals surface area contributed by atoms with Gasteiger partial charge in [0.15, 0.2) is 11.4 Å². The molecular weight excluding hydrogens is 268 g/mol. The van der Waals surface area contributed by atoms with Crippen LogP contribution >= 0.6 is 23.5 Å². The van der Waals surface area contributed by atoms with Crippen molar-refractivity contribution in [1.29, 1.82) is 21.0 Å². The van der Waals surface area contributed by atoms with Crippen molar-refractivity contribution >= 4 is 23.5 Å². The first kappa shape index (κ1) is 12.0. The second-order valence-corrected chi connectivity index (χ2v) is 4.84. The van der Waals surface area contributed by atoms with Crippen molar-refractivity contribution in [1.82, 2.24) is 9.97 Å². The number of thioether (sulfide) groups is 2. The lowest BCUT2D eigenvalue weighted by Gasteiger charge is -2.12. The van der Waals surface area contributed by atoms with Gasteiger partial charge in [-0.15, -0.1) is 0 Å². The highest BCUT2D eigenvalue weighted by Crippen LogP contribution is 2.44. The first-order chi connectivity index (χ1) is 8.73. The Morgan fingerprint density at radius 1 is 0.667 bits per heavy atom. The lowest BCUT2D eigenvalue weighted by molar-refractivity contribution is 0.895. The monoisotopic (exact) mass is 268 g/mol. The van der Waals surface area contributed by atoms with Crippen molar-refractivity contribution in [3.05, 3.63) is 21.2 Å². The molecule has 0 amide bonds. The number of rotatable bonds is 0. The molecule has 2 heterocycles. The first-order valence-corrected chi connectivity index (χ1v) is 5.99. The molecule has 1 aromatic heterocycles. The van der Waals surface area contributed by atoms with Gasteiger partial charge in [0.2, 0.25) is 0 Å². The molecular formula is C10N6S2. The van der Waals surface area contributed by atoms with Gasteiger partial charge in [-0.05, 0) is 0 Å². The van der Waals surface area contributed by atoms with Gasteiger partial charge in [0, 0.05) is 0 Å². The fourth-order valence-corrected chi connectivity index (χ4v) is 2.92. The molecule has 0 N–H and O–H groups in total. The van der Waals surface area contributed by atoms with E-state index in [-0.39, 0.29) is 21.2 Å². The Kier molecular flexibility index (Phi) is 3.17. The molecule has 0 saturated carbocycles. The minimum absolute atomic E-state index is 0.0814. The zero-order valence-corrected chi connectivity index (χ0v) is 10.1. The molecule has 1 aromatic rings. The molecule has 0 fully saturated rings. The smallest absolute Gasteiger partial charge is 0.178 e. The third-order valence-electron chi connectivity index (χ3n) is 1.85. The highest BCUT2D eigenvalue weighted by molar-refractivity contribution is 8.09. The molecule has 0 unspecified atom stereocenters. The zero-order chi connectivity index (χ0) is 13.1. The summed E-state index contributed by atoms with van der Waals surface area (Å²) < 4.78 is 0. The molecule has 18 heavy (non-hydrogen) atoms. The minimum atomic E-state index is -0.0814. The Labute approximate surface area is 110 Å². The van der Waals surface area contributed by atoms with Gasteiger partial charge < -0.3 is 0 Å². The van der Waals surface area contributed by atoms with E-state index in [0.29, 0.717) is 10.1 Å². The quantitative estimate of drug-likeness (QED) is 0.696. The third kappa shape index (κ3) is 1.87.